The highest BCUT2D eigenvalue weighted by Crippen LogP contribution is 2.51. The lowest BCUT2D eigenvalue weighted by atomic mass is 9.89. The summed E-state index contributed by atoms with van der Waals surface area (Å²) in [6.45, 7) is 5.29. The third-order valence-electron chi connectivity index (χ3n) is 18.8. The van der Waals surface area contributed by atoms with Gasteiger partial charge in [0.15, 0.2) is 18.4 Å². The summed E-state index contributed by atoms with van der Waals surface area (Å²) in [5.41, 5.74) is 1.12. The minimum Gasteiger partial charge on any atom is -0.453 e. The Morgan fingerprint density at radius 1 is 0.622 bits per heavy atom. The molecule has 0 aliphatic carbocycles. The van der Waals surface area contributed by atoms with Crippen LogP contribution in [-0.2, 0) is 58.6 Å². The topological polar surface area (TPSA) is 320 Å². The maximum atomic E-state index is 17.9. The second-order valence-corrected chi connectivity index (χ2v) is 26.2. The molecule has 10 rings (SSSR count). The second-order valence-electron chi connectivity index (χ2n) is 25.0. The van der Waals surface area contributed by atoms with Crippen LogP contribution in [0.1, 0.15) is 137 Å². The number of esters is 1. The van der Waals surface area contributed by atoms with Crippen LogP contribution >= 0.6 is 7.82 Å². The van der Waals surface area contributed by atoms with Crippen molar-refractivity contribution >= 4 is 77.3 Å². The summed E-state index contributed by atoms with van der Waals surface area (Å²) in [6, 6.07) is 5.97. The van der Waals surface area contributed by atoms with Gasteiger partial charge in [0.05, 0.1) is 72.7 Å². The molecule has 2 aromatic heterocycles. The lowest BCUT2D eigenvalue weighted by Gasteiger charge is -2.36. The van der Waals surface area contributed by atoms with Gasteiger partial charge in [0, 0.05) is 69.3 Å². The SMILES string of the molecule is COC(=O)N[C@H](C(=O)N1CCC[C@H]1c1nc2cc(F)c([C@H]3CC[C@H](c4cc5nc([C@@H]6CCCN6C(=O)[C@@H](NC(=O)OC)[C@@H](C)OC)n(COC(=O)[C@@H](NC(=O)OCOP(=O)(O)O)C(C)C)c5cc4F)N3c3cc(F)c(N4CCC(c5ccc(F)cc5)CC4)c(F)c3)cc2[nH]1)[C@@H](C)OC. The number of H-pyrrole nitrogens is 1. The van der Waals surface area contributed by atoms with Gasteiger partial charge in [-0.15, -0.1) is 0 Å². The molecule has 0 radical (unpaired) electrons. The quantitative estimate of drug-likeness (QED) is 0.0114. The van der Waals surface area contributed by atoms with Crippen molar-refractivity contribution in [2.24, 2.45) is 5.92 Å². The molecule has 4 aromatic carbocycles. The van der Waals surface area contributed by atoms with Gasteiger partial charge >= 0.3 is 32.1 Å². The Balaban J connectivity index is 1.04. The Labute approximate surface area is 560 Å². The van der Waals surface area contributed by atoms with Crippen LogP contribution < -0.4 is 25.8 Å². The zero-order chi connectivity index (χ0) is 70.6. The van der Waals surface area contributed by atoms with E-state index in [9.17, 15) is 37.7 Å². The molecule has 33 heteroatoms. The molecular weight excluding hydrogens is 1320 g/mol. The normalized spacial score (nSPS) is 20.0. The van der Waals surface area contributed by atoms with Gasteiger partial charge in [0.25, 0.3) is 0 Å². The van der Waals surface area contributed by atoms with Crippen LogP contribution in [0.4, 0.5) is 47.7 Å². The van der Waals surface area contributed by atoms with Crippen molar-refractivity contribution < 1.29 is 98.0 Å². The molecular formula is C65H79F5N11O16P. The number of phosphoric ester groups is 1. The average Bonchev–Trinajstić information content (AvgIpc) is 1.49. The van der Waals surface area contributed by atoms with E-state index in [2.05, 4.69) is 25.5 Å². The summed E-state index contributed by atoms with van der Waals surface area (Å²) >= 11 is 0. The highest BCUT2D eigenvalue weighted by Gasteiger charge is 2.44. The lowest BCUT2D eigenvalue weighted by Crippen LogP contribution is -2.54. The van der Waals surface area contributed by atoms with Crippen molar-refractivity contribution in [3.63, 3.8) is 0 Å². The molecule has 0 unspecified atom stereocenters. The third-order valence-corrected chi connectivity index (χ3v) is 19.3. The Morgan fingerprint density at radius 2 is 1.17 bits per heavy atom. The molecule has 4 fully saturated rings. The standard InChI is InChI=1S/C65H79F5N11O16P/c1-33(2)54(74-65(87)96-32-97-98(88,89)90)62(84)95-31-80-53-30-43(68)41(28-48(53)73-59(80)52-12-10-22-79(52)61(83)56(35(4)92-6)76-64(86)94-8)50-18-17-49(81(50)39-25-44(69)57(45(70)26-39)77-23-19-37(20-24-77)36-13-15-38(66)16-14-36)40-27-46-47(29-42(40)67)72-58(71-46)51-11-9-21-78(51)60(82)55(34(3)91-5)75-63(85)93-7/h13-16,25-30,33-35,37,49-52,54-56H,9-12,17-24,31-32H2,1-8H3,(H,71,72)(H,74,87)(H,75,85)(H,76,86)(H2,88,89,90)/t34-,35-,49-,50-,51+,52+,54+,55+,56+/m1/s1. The number of halogens is 5. The molecule has 6 N–H and O–H groups in total. The number of benzene rings is 4. The predicted octanol–water partition coefficient (Wildman–Crippen LogP) is 9.24. The molecule has 27 nitrogen and oxygen atoms in total. The highest BCUT2D eigenvalue weighted by molar-refractivity contribution is 7.46. The fourth-order valence-electron chi connectivity index (χ4n) is 13.7. The highest BCUT2D eigenvalue weighted by atomic mass is 31.2. The van der Waals surface area contributed by atoms with Crippen molar-refractivity contribution in [3.8, 4) is 0 Å². The Bertz CT molecular complexity index is 3960. The Kier molecular flexibility index (Phi) is 22.5. The summed E-state index contributed by atoms with van der Waals surface area (Å²) in [4.78, 5) is 118. The van der Waals surface area contributed by atoms with E-state index in [1.54, 1.807) is 54.5 Å². The number of likely N-dealkylation sites (tertiary alicyclic amines) is 2. The molecule has 5 amide bonds. The molecule has 0 bridgehead atoms. The lowest BCUT2D eigenvalue weighted by molar-refractivity contribution is -0.151. The first-order chi connectivity index (χ1) is 46.7. The molecule has 4 aliphatic rings. The van der Waals surface area contributed by atoms with Crippen molar-refractivity contribution in [1.29, 1.82) is 0 Å². The summed E-state index contributed by atoms with van der Waals surface area (Å²) in [5.74, 6) is -6.40. The second kappa shape index (κ2) is 30.6. The van der Waals surface area contributed by atoms with Crippen LogP contribution in [0.15, 0.2) is 60.7 Å². The summed E-state index contributed by atoms with van der Waals surface area (Å²) in [6.07, 6.45) is -1.97. The Morgan fingerprint density at radius 3 is 1.73 bits per heavy atom. The van der Waals surface area contributed by atoms with Gasteiger partial charge in [-0.2, -0.15) is 0 Å². The number of ether oxygens (including phenoxy) is 6. The summed E-state index contributed by atoms with van der Waals surface area (Å²) in [5, 5.41) is 7.37. The fourth-order valence-corrected chi connectivity index (χ4v) is 13.9. The van der Waals surface area contributed by atoms with Crippen molar-refractivity contribution in [1.82, 2.24) is 45.3 Å². The van der Waals surface area contributed by atoms with Crippen LogP contribution in [0.25, 0.3) is 22.1 Å². The number of hydrogen-bond acceptors (Lipinski definition) is 18. The van der Waals surface area contributed by atoms with Gasteiger partial charge in [0.2, 0.25) is 18.6 Å². The number of aromatic amines is 1. The molecule has 6 heterocycles. The first-order valence-corrected chi connectivity index (χ1v) is 33.6. The zero-order valence-corrected chi connectivity index (χ0v) is 56.0. The number of anilines is 2. The van der Waals surface area contributed by atoms with Crippen molar-refractivity contribution in [3.05, 3.63) is 118 Å². The van der Waals surface area contributed by atoms with E-state index in [4.69, 9.17) is 48.2 Å². The number of carbonyl (C=O) groups excluding carboxylic acids is 6. The number of rotatable bonds is 23. The molecule has 4 saturated heterocycles. The number of phosphoric acid groups is 1. The maximum absolute atomic E-state index is 17.9. The molecule has 9 atom stereocenters. The number of aromatic nitrogens is 4. The number of nitrogens with one attached hydrogen (secondary N) is 4. The largest absolute Gasteiger partial charge is 0.472 e. The minimum atomic E-state index is -5.05. The number of fused-ring (bicyclic) bond motifs is 2. The van der Waals surface area contributed by atoms with Crippen molar-refractivity contribution in [2.75, 3.05) is 71.2 Å². The van der Waals surface area contributed by atoms with Crippen LogP contribution in [0.3, 0.4) is 0 Å². The van der Waals surface area contributed by atoms with Gasteiger partial charge in [0.1, 0.15) is 52.9 Å². The zero-order valence-electron chi connectivity index (χ0n) is 55.1. The van der Waals surface area contributed by atoms with Gasteiger partial charge in [-0.25, -0.2) is 60.2 Å². The van der Waals surface area contributed by atoms with Crippen LogP contribution in [0.5, 0.6) is 0 Å². The van der Waals surface area contributed by atoms with Gasteiger partial charge in [-0.1, -0.05) is 26.0 Å². The number of nitrogens with zero attached hydrogens (tertiary/aromatic N) is 7. The predicted molar refractivity (Wildman–Crippen MR) is 341 cm³/mol. The molecule has 530 valence electrons. The maximum Gasteiger partial charge on any atom is 0.472 e. The van der Waals surface area contributed by atoms with Gasteiger partial charge in [-0.3, -0.25) is 14.2 Å². The smallest absolute Gasteiger partial charge is 0.453 e. The number of hydrogen-bond donors (Lipinski definition) is 6. The summed E-state index contributed by atoms with van der Waals surface area (Å²) < 4.78 is 131. The number of carbonyl (C=O) groups is 6. The van der Waals surface area contributed by atoms with Crippen LogP contribution in [0, 0.1) is 35.0 Å². The van der Waals surface area contributed by atoms with E-state index in [-0.39, 0.29) is 96.2 Å². The minimum absolute atomic E-state index is 0.00301. The van der Waals surface area contributed by atoms with Crippen molar-refractivity contribution in [2.45, 2.75) is 146 Å². The van der Waals surface area contributed by atoms with E-state index in [0.29, 0.717) is 43.4 Å². The number of piperidine rings is 1. The van der Waals surface area contributed by atoms with E-state index >= 15 is 17.6 Å². The third kappa shape index (κ3) is 15.6. The monoisotopic (exact) mass is 1400 g/mol. The first-order valence-electron chi connectivity index (χ1n) is 32.0. The van der Waals surface area contributed by atoms with E-state index in [0.717, 1.165) is 38.0 Å². The molecule has 98 heavy (non-hydrogen) atoms. The van der Waals surface area contributed by atoms with E-state index < -0.39 is 147 Å². The van der Waals surface area contributed by atoms with Crippen LogP contribution in [0.2, 0.25) is 0 Å². The number of imidazole rings is 2. The average molecular weight is 1400 g/mol. The van der Waals surface area contributed by atoms with Gasteiger partial charge in [-0.05, 0) is 119 Å². The molecule has 4 aliphatic heterocycles. The first kappa shape index (κ1) is 72.1. The summed E-state index contributed by atoms with van der Waals surface area (Å²) in [7, 11) is -0.0296. The molecule has 0 saturated carbocycles. The number of amides is 5. The number of methoxy groups -OCH3 is 4. The van der Waals surface area contributed by atoms with E-state index in [1.807, 2.05) is 0 Å². The van der Waals surface area contributed by atoms with E-state index in [1.165, 1.54) is 54.0 Å². The Hall–Kier alpha value is -8.68. The number of alkyl carbamates (subject to hydrolysis) is 3. The van der Waals surface area contributed by atoms with Crippen LogP contribution in [-0.4, -0.2) is 167 Å². The molecule has 6 aromatic rings. The fraction of sp³-hybridized carbons (Fsp3) is 0.508. The van der Waals surface area contributed by atoms with Gasteiger partial charge < -0.3 is 78.7 Å². The molecule has 0 spiro atoms.